The number of rotatable bonds is 7. The number of fused-ring (bicyclic) bond motifs is 7. The third-order valence-electron chi connectivity index (χ3n) is 11.5. The maximum Gasteiger partial charge on any atom is 0.165 e. The number of hydrogen-bond acceptors (Lipinski definition) is 4. The highest BCUT2D eigenvalue weighted by atomic mass is 15.2. The van der Waals surface area contributed by atoms with Crippen molar-refractivity contribution in [2.75, 3.05) is 0 Å². The molecule has 61 heavy (non-hydrogen) atoms. The topological polar surface area (TPSA) is 66.3 Å². The van der Waals surface area contributed by atoms with E-state index in [1.165, 1.54) is 0 Å². The molecule has 4 heterocycles. The number of imidazole rings is 1. The van der Waals surface area contributed by atoms with Crippen LogP contribution < -0.4 is 0 Å². The van der Waals surface area contributed by atoms with E-state index < -0.39 is 0 Å². The molecule has 0 amide bonds. The Morgan fingerprint density at radius 3 is 1.41 bits per heavy atom. The lowest BCUT2D eigenvalue weighted by Crippen LogP contribution is -2.01. The van der Waals surface area contributed by atoms with Gasteiger partial charge in [0.2, 0.25) is 0 Å². The normalized spacial score (nSPS) is 11.6. The largest absolute Gasteiger partial charge is 0.309 e. The Morgan fingerprint density at radius 1 is 0.295 bits per heavy atom. The Bertz CT molecular complexity index is 3500. The molecule has 7 heteroatoms. The van der Waals surface area contributed by atoms with Crippen molar-refractivity contribution in [2.45, 2.75) is 0 Å². The molecule has 0 aliphatic heterocycles. The zero-order valence-corrected chi connectivity index (χ0v) is 32.8. The summed E-state index contributed by atoms with van der Waals surface area (Å²) in [6.07, 6.45) is 0. The molecular weight excluding hydrogens is 747 g/mol. The van der Waals surface area contributed by atoms with E-state index in [2.05, 4.69) is 165 Å². The van der Waals surface area contributed by atoms with Crippen molar-refractivity contribution in [3.63, 3.8) is 0 Å². The smallest absolute Gasteiger partial charge is 0.165 e. The molecule has 0 aliphatic carbocycles. The Hall–Kier alpha value is -8.42. The highest BCUT2D eigenvalue weighted by Crippen LogP contribution is 2.44. The third kappa shape index (κ3) is 5.67. The van der Waals surface area contributed by atoms with Gasteiger partial charge in [0, 0.05) is 55.5 Å². The summed E-state index contributed by atoms with van der Waals surface area (Å²) in [5, 5.41) is 3.42. The maximum atomic E-state index is 5.53. The van der Waals surface area contributed by atoms with Gasteiger partial charge in [-0.1, -0.05) is 158 Å². The highest BCUT2D eigenvalue weighted by molar-refractivity contribution is 6.25. The highest BCUT2D eigenvalue weighted by Gasteiger charge is 2.26. The number of nitrogens with zero attached hydrogens (tertiary/aromatic N) is 7. The minimum absolute atomic E-state index is 0.611. The third-order valence-corrected chi connectivity index (χ3v) is 11.5. The minimum atomic E-state index is 0.611. The first-order valence-corrected chi connectivity index (χ1v) is 20.4. The van der Waals surface area contributed by atoms with Gasteiger partial charge in [-0.05, 0) is 54.6 Å². The van der Waals surface area contributed by atoms with Gasteiger partial charge in [0.25, 0.3) is 0 Å². The zero-order chi connectivity index (χ0) is 40.3. The van der Waals surface area contributed by atoms with Crippen LogP contribution in [-0.4, -0.2) is 33.6 Å². The first-order chi connectivity index (χ1) is 30.3. The Morgan fingerprint density at radius 2 is 0.787 bits per heavy atom. The SMILES string of the molecule is c1ccc(-c2nc(-c3ccccc3)nc(-c3cccc(-n4c5ccccc5c5c4ccc4c6c(nc(-c7ccccc7)n6-c6ccccc6)n(-c6ccccc6)c45)c3)n2)cc1. The van der Waals surface area contributed by atoms with Crippen molar-refractivity contribution in [1.82, 2.24) is 33.6 Å². The van der Waals surface area contributed by atoms with Gasteiger partial charge in [-0.25, -0.2) is 19.9 Å². The summed E-state index contributed by atoms with van der Waals surface area (Å²) in [6, 6.07) is 73.7. The van der Waals surface area contributed by atoms with E-state index in [-0.39, 0.29) is 0 Å². The summed E-state index contributed by atoms with van der Waals surface area (Å²) in [5.41, 5.74) is 12.2. The van der Waals surface area contributed by atoms with Crippen LogP contribution in [0.5, 0.6) is 0 Å². The van der Waals surface area contributed by atoms with Crippen LogP contribution in [0.1, 0.15) is 0 Å². The quantitative estimate of drug-likeness (QED) is 0.161. The summed E-state index contributed by atoms with van der Waals surface area (Å²) in [4.78, 5) is 20.6. The van der Waals surface area contributed by atoms with Crippen molar-refractivity contribution < 1.29 is 0 Å². The summed E-state index contributed by atoms with van der Waals surface area (Å²) in [5.74, 6) is 2.77. The van der Waals surface area contributed by atoms with Crippen molar-refractivity contribution in [3.05, 3.63) is 212 Å². The van der Waals surface area contributed by atoms with Crippen LogP contribution in [0.2, 0.25) is 0 Å². The molecule has 4 aromatic heterocycles. The van der Waals surface area contributed by atoms with E-state index >= 15 is 0 Å². The Kier molecular flexibility index (Phi) is 8.03. The van der Waals surface area contributed by atoms with E-state index in [0.29, 0.717) is 17.5 Å². The second-order valence-electron chi connectivity index (χ2n) is 15.1. The predicted molar refractivity (Wildman–Crippen MR) is 247 cm³/mol. The van der Waals surface area contributed by atoms with Crippen molar-refractivity contribution >= 4 is 43.9 Å². The van der Waals surface area contributed by atoms with Crippen LogP contribution in [-0.2, 0) is 0 Å². The summed E-state index contributed by atoms with van der Waals surface area (Å²) in [7, 11) is 0. The van der Waals surface area contributed by atoms with Gasteiger partial charge in [-0.3, -0.25) is 9.13 Å². The number of aromatic nitrogens is 7. The van der Waals surface area contributed by atoms with Crippen LogP contribution in [0.4, 0.5) is 0 Å². The minimum Gasteiger partial charge on any atom is -0.309 e. The molecule has 0 spiro atoms. The van der Waals surface area contributed by atoms with E-state index in [4.69, 9.17) is 19.9 Å². The second kappa shape index (κ2) is 14.1. The second-order valence-corrected chi connectivity index (χ2v) is 15.1. The van der Waals surface area contributed by atoms with Gasteiger partial charge < -0.3 is 4.57 Å². The van der Waals surface area contributed by atoms with Gasteiger partial charge in [0.05, 0.1) is 16.6 Å². The summed E-state index contributed by atoms with van der Waals surface area (Å²) in [6.45, 7) is 0. The lowest BCUT2D eigenvalue weighted by atomic mass is 10.1. The molecule has 0 saturated heterocycles. The fourth-order valence-electron chi connectivity index (χ4n) is 8.82. The van der Waals surface area contributed by atoms with Crippen molar-refractivity contribution in [2.24, 2.45) is 0 Å². The Labute approximate surface area is 351 Å². The number of benzene rings is 8. The fraction of sp³-hybridized carbons (Fsp3) is 0. The molecule has 12 rings (SSSR count). The average Bonchev–Trinajstić information content (AvgIpc) is 4.00. The standard InChI is InChI=1S/C54H35N7/c1-6-19-36(20-7-1)50-55-51(37-21-8-2-9-22-37)57-52(56-50)39-25-18-30-42(35-39)59-45-32-17-16-31-43(45)47-46(59)34-33-44-48(47)60(40-26-12-4-13-27-40)54-49(44)61(41-28-14-5-15-29-41)53(58-54)38-23-10-3-11-24-38/h1-35H. The molecule has 0 N–H and O–H groups in total. The average molecular weight is 782 g/mol. The van der Waals surface area contributed by atoms with Crippen LogP contribution in [0, 0.1) is 0 Å². The molecular formula is C54H35N7. The first-order valence-electron chi connectivity index (χ1n) is 20.4. The summed E-state index contributed by atoms with van der Waals surface area (Å²) < 4.78 is 7.04. The number of para-hydroxylation sites is 3. The van der Waals surface area contributed by atoms with Crippen molar-refractivity contribution in [3.8, 4) is 62.6 Å². The molecule has 7 nitrogen and oxygen atoms in total. The molecule has 0 saturated carbocycles. The lowest BCUT2D eigenvalue weighted by molar-refractivity contribution is 1.07. The van der Waals surface area contributed by atoms with Crippen LogP contribution in [0.15, 0.2) is 212 Å². The number of hydrogen-bond donors (Lipinski definition) is 0. The van der Waals surface area contributed by atoms with Gasteiger partial charge in [0.1, 0.15) is 11.3 Å². The van der Waals surface area contributed by atoms with Crippen LogP contribution in [0.25, 0.3) is 106 Å². The van der Waals surface area contributed by atoms with Crippen LogP contribution >= 0.6 is 0 Å². The monoisotopic (exact) mass is 781 g/mol. The molecule has 0 bridgehead atoms. The molecule has 0 aliphatic rings. The van der Waals surface area contributed by atoms with Gasteiger partial charge in [-0.15, -0.1) is 0 Å². The van der Waals surface area contributed by atoms with Crippen LogP contribution in [0.3, 0.4) is 0 Å². The maximum absolute atomic E-state index is 5.53. The molecule has 8 aromatic carbocycles. The fourth-order valence-corrected chi connectivity index (χ4v) is 8.82. The zero-order valence-electron chi connectivity index (χ0n) is 32.8. The lowest BCUT2D eigenvalue weighted by Gasteiger charge is -2.12. The molecule has 0 radical (unpaired) electrons. The molecule has 286 valence electrons. The molecule has 0 unspecified atom stereocenters. The van der Waals surface area contributed by atoms with E-state index in [0.717, 1.165) is 89.0 Å². The first kappa shape index (κ1) is 34.6. The van der Waals surface area contributed by atoms with Crippen molar-refractivity contribution in [1.29, 1.82) is 0 Å². The van der Waals surface area contributed by atoms with Gasteiger partial charge >= 0.3 is 0 Å². The van der Waals surface area contributed by atoms with Gasteiger partial charge in [-0.2, -0.15) is 0 Å². The summed E-state index contributed by atoms with van der Waals surface area (Å²) >= 11 is 0. The van der Waals surface area contributed by atoms with E-state index in [9.17, 15) is 0 Å². The van der Waals surface area contributed by atoms with Gasteiger partial charge in [0.15, 0.2) is 23.1 Å². The van der Waals surface area contributed by atoms with E-state index in [1.54, 1.807) is 0 Å². The molecule has 0 fully saturated rings. The molecule has 0 atom stereocenters. The Balaban J connectivity index is 1.13. The molecule has 12 aromatic rings. The predicted octanol–water partition coefficient (Wildman–Crippen LogP) is 12.9. The van der Waals surface area contributed by atoms with E-state index in [1.807, 2.05) is 60.7 Å².